The lowest BCUT2D eigenvalue weighted by molar-refractivity contribution is -0.128. The number of primary amides is 1. The molecule has 8 nitrogen and oxygen atoms in total. The van der Waals surface area contributed by atoms with Crippen LogP contribution in [-0.2, 0) is 20.1 Å². The van der Waals surface area contributed by atoms with Crippen LogP contribution in [0.4, 0.5) is 0 Å². The van der Waals surface area contributed by atoms with Crippen LogP contribution in [0.15, 0.2) is 36.5 Å². The van der Waals surface area contributed by atoms with Gasteiger partial charge < -0.3 is 26.4 Å². The largest absolute Gasteiger partial charge is 0.497 e. The zero-order valence-electron chi connectivity index (χ0n) is 17.1. The first-order valence-corrected chi connectivity index (χ1v) is 10.3. The number of rotatable bonds is 13. The fourth-order valence-electron chi connectivity index (χ4n) is 2.49. The van der Waals surface area contributed by atoms with E-state index >= 15 is 0 Å². The number of amides is 3. The summed E-state index contributed by atoms with van der Waals surface area (Å²) >= 11 is 1.55. The normalized spacial score (nSPS) is 12.4. The lowest BCUT2D eigenvalue weighted by Crippen LogP contribution is -2.43. The summed E-state index contributed by atoms with van der Waals surface area (Å²) in [6, 6.07) is 7.20. The summed E-state index contributed by atoms with van der Waals surface area (Å²) in [4.78, 5) is 35.4. The highest BCUT2D eigenvalue weighted by atomic mass is 32.2. The van der Waals surface area contributed by atoms with Gasteiger partial charge in [0.2, 0.25) is 17.7 Å². The molecule has 2 atom stereocenters. The number of hydrogen-bond donors (Lipinski definition) is 4. The Morgan fingerprint density at radius 1 is 1.21 bits per heavy atom. The molecule has 0 aromatic heterocycles. The Morgan fingerprint density at radius 3 is 2.41 bits per heavy atom. The van der Waals surface area contributed by atoms with Crippen molar-refractivity contribution in [2.24, 2.45) is 11.7 Å². The molecule has 0 fully saturated rings. The number of benzene rings is 1. The lowest BCUT2D eigenvalue weighted by atomic mass is 10.1. The first-order chi connectivity index (χ1) is 13.8. The molecule has 0 radical (unpaired) electrons. The standard InChI is InChI=1S/C20H30N4O4S/c1-13(24-14(2)19(26)22-3)10-23-20(27)16(9-18(21)25)12-29-11-15-5-7-17(28-4)8-6-15/h5-8,14,16,24H,1,9-12H2,2-4H3,(H2,21,25)(H,22,26)(H,23,27). The molecule has 9 heteroatoms. The summed E-state index contributed by atoms with van der Waals surface area (Å²) in [7, 11) is 3.16. The number of likely N-dealkylation sites (N-methyl/N-ethyl adjacent to an activating group) is 1. The molecule has 0 aliphatic heterocycles. The van der Waals surface area contributed by atoms with Crippen molar-refractivity contribution >= 4 is 29.5 Å². The van der Waals surface area contributed by atoms with E-state index in [9.17, 15) is 14.4 Å². The number of ether oxygens (including phenoxy) is 1. The molecule has 0 spiro atoms. The van der Waals surface area contributed by atoms with Gasteiger partial charge in [0.25, 0.3) is 0 Å². The number of carbonyl (C=O) groups excluding carboxylic acids is 3. The van der Waals surface area contributed by atoms with Crippen LogP contribution in [0.5, 0.6) is 5.75 Å². The highest BCUT2D eigenvalue weighted by Gasteiger charge is 2.21. The molecule has 160 valence electrons. The van der Waals surface area contributed by atoms with Crippen molar-refractivity contribution in [3.8, 4) is 5.75 Å². The summed E-state index contributed by atoms with van der Waals surface area (Å²) in [6.45, 7) is 5.65. The Labute approximate surface area is 176 Å². The smallest absolute Gasteiger partial charge is 0.241 e. The van der Waals surface area contributed by atoms with Crippen molar-refractivity contribution in [1.29, 1.82) is 0 Å². The maximum Gasteiger partial charge on any atom is 0.241 e. The van der Waals surface area contributed by atoms with Crippen molar-refractivity contribution in [2.45, 2.75) is 25.1 Å². The topological polar surface area (TPSA) is 123 Å². The Balaban J connectivity index is 2.51. The second-order valence-corrected chi connectivity index (χ2v) is 7.56. The fourth-order valence-corrected chi connectivity index (χ4v) is 3.59. The Hall–Kier alpha value is -2.68. The number of carbonyl (C=O) groups is 3. The summed E-state index contributed by atoms with van der Waals surface area (Å²) in [5, 5.41) is 8.18. The van der Waals surface area contributed by atoms with Gasteiger partial charge in [-0.3, -0.25) is 14.4 Å². The molecular formula is C20H30N4O4S. The third-order valence-electron chi connectivity index (χ3n) is 4.10. The number of methoxy groups -OCH3 is 1. The van der Waals surface area contributed by atoms with E-state index < -0.39 is 17.9 Å². The minimum absolute atomic E-state index is 0.0318. The molecule has 1 aromatic carbocycles. The highest BCUT2D eigenvalue weighted by molar-refractivity contribution is 7.98. The van der Waals surface area contributed by atoms with Crippen LogP contribution in [0.2, 0.25) is 0 Å². The Kier molecular flexibility index (Phi) is 10.7. The number of nitrogens with two attached hydrogens (primary N) is 1. The quantitative estimate of drug-likeness (QED) is 0.372. The second-order valence-electron chi connectivity index (χ2n) is 6.53. The van der Waals surface area contributed by atoms with Gasteiger partial charge in [0.15, 0.2) is 0 Å². The van der Waals surface area contributed by atoms with Gasteiger partial charge in [-0.2, -0.15) is 11.8 Å². The first kappa shape index (κ1) is 24.4. The average molecular weight is 423 g/mol. The van der Waals surface area contributed by atoms with Crippen LogP contribution in [0.25, 0.3) is 0 Å². The van der Waals surface area contributed by atoms with Gasteiger partial charge >= 0.3 is 0 Å². The van der Waals surface area contributed by atoms with Crippen molar-refractivity contribution < 1.29 is 19.1 Å². The molecule has 5 N–H and O–H groups in total. The highest BCUT2D eigenvalue weighted by Crippen LogP contribution is 2.20. The molecule has 29 heavy (non-hydrogen) atoms. The van der Waals surface area contributed by atoms with Gasteiger partial charge in [-0.25, -0.2) is 0 Å². The van der Waals surface area contributed by atoms with Crippen molar-refractivity contribution in [3.05, 3.63) is 42.1 Å². The molecule has 2 unspecified atom stereocenters. The molecule has 0 saturated carbocycles. The summed E-state index contributed by atoms with van der Waals surface area (Å²) in [5.74, 6) is 0.407. The predicted molar refractivity (Wildman–Crippen MR) is 115 cm³/mol. The minimum atomic E-state index is -0.542. The molecule has 0 heterocycles. The minimum Gasteiger partial charge on any atom is -0.497 e. The molecule has 0 aliphatic carbocycles. The van der Waals surface area contributed by atoms with Crippen molar-refractivity contribution in [1.82, 2.24) is 16.0 Å². The third-order valence-corrected chi connectivity index (χ3v) is 5.28. The van der Waals surface area contributed by atoms with Crippen LogP contribution in [0.3, 0.4) is 0 Å². The maximum absolute atomic E-state index is 12.5. The van der Waals surface area contributed by atoms with E-state index in [1.807, 2.05) is 24.3 Å². The molecular weight excluding hydrogens is 392 g/mol. The lowest BCUT2D eigenvalue weighted by Gasteiger charge is -2.18. The molecule has 3 amide bonds. The number of nitrogens with one attached hydrogen (secondary N) is 3. The van der Waals surface area contributed by atoms with Gasteiger partial charge in [0.05, 0.1) is 19.6 Å². The zero-order chi connectivity index (χ0) is 21.8. The molecule has 1 rings (SSSR count). The van der Waals surface area contributed by atoms with Crippen LogP contribution in [-0.4, -0.2) is 50.2 Å². The van der Waals surface area contributed by atoms with Gasteiger partial charge in [0, 0.05) is 30.7 Å². The Bertz CT molecular complexity index is 709. The van der Waals surface area contributed by atoms with E-state index in [4.69, 9.17) is 10.5 Å². The fraction of sp³-hybridized carbons (Fsp3) is 0.450. The summed E-state index contributed by atoms with van der Waals surface area (Å²) in [5.41, 5.74) is 6.89. The molecule has 0 aliphatic rings. The van der Waals surface area contributed by atoms with E-state index in [-0.39, 0.29) is 24.8 Å². The van der Waals surface area contributed by atoms with Crippen LogP contribution < -0.4 is 26.4 Å². The van der Waals surface area contributed by atoms with Crippen LogP contribution in [0.1, 0.15) is 18.9 Å². The number of hydrogen-bond acceptors (Lipinski definition) is 6. The van der Waals surface area contributed by atoms with E-state index in [1.165, 1.54) is 0 Å². The van der Waals surface area contributed by atoms with Gasteiger partial charge in [-0.05, 0) is 24.6 Å². The molecule has 0 saturated heterocycles. The van der Waals surface area contributed by atoms with Crippen molar-refractivity contribution in [2.75, 3.05) is 26.5 Å². The van der Waals surface area contributed by atoms with Gasteiger partial charge in [0.1, 0.15) is 11.8 Å². The van der Waals surface area contributed by atoms with Crippen molar-refractivity contribution in [3.63, 3.8) is 0 Å². The van der Waals surface area contributed by atoms with E-state index in [0.29, 0.717) is 17.2 Å². The predicted octanol–water partition coefficient (Wildman–Crippen LogP) is 0.774. The van der Waals surface area contributed by atoms with Gasteiger partial charge in [-0.1, -0.05) is 18.7 Å². The van der Waals surface area contributed by atoms with Gasteiger partial charge in [-0.15, -0.1) is 0 Å². The van der Waals surface area contributed by atoms with Crippen LogP contribution >= 0.6 is 11.8 Å². The zero-order valence-corrected chi connectivity index (χ0v) is 17.9. The molecule has 1 aromatic rings. The molecule has 0 bridgehead atoms. The summed E-state index contributed by atoms with van der Waals surface area (Å²) in [6.07, 6.45) is -0.0318. The summed E-state index contributed by atoms with van der Waals surface area (Å²) < 4.78 is 5.13. The van der Waals surface area contributed by atoms with E-state index in [2.05, 4.69) is 22.5 Å². The average Bonchev–Trinajstić information content (AvgIpc) is 2.70. The third kappa shape index (κ3) is 9.38. The van der Waals surface area contributed by atoms with E-state index in [0.717, 1.165) is 11.3 Å². The number of thioether (sulfide) groups is 1. The second kappa shape index (κ2) is 12.7. The Morgan fingerprint density at radius 2 is 1.86 bits per heavy atom. The monoisotopic (exact) mass is 422 g/mol. The first-order valence-electron chi connectivity index (χ1n) is 9.19. The van der Waals surface area contributed by atoms with Crippen LogP contribution in [0, 0.1) is 5.92 Å². The maximum atomic E-state index is 12.5. The SMILES string of the molecule is C=C(CNC(=O)C(CSCc1ccc(OC)cc1)CC(N)=O)NC(C)C(=O)NC. The van der Waals surface area contributed by atoms with E-state index in [1.54, 1.807) is 32.8 Å².